The molecule has 0 unspecified atom stereocenters. The Hall–Kier alpha value is -1.09. The van der Waals surface area contributed by atoms with Crippen LogP contribution in [0.15, 0.2) is 69.6 Å². The number of halogens is 3. The molecule has 0 aliphatic rings. The lowest BCUT2D eigenvalue weighted by Crippen LogP contribution is -2.24. The van der Waals surface area contributed by atoms with E-state index in [9.17, 15) is 5.11 Å². The molecule has 4 aromatic rings. The zero-order valence-electron chi connectivity index (χ0n) is 14.3. The molecule has 6 heteroatoms. The van der Waals surface area contributed by atoms with Crippen LogP contribution in [-0.2, 0) is 6.54 Å². The number of nitrogens with one attached hydrogen (secondary N) is 1. The van der Waals surface area contributed by atoms with E-state index in [1.54, 1.807) is 0 Å². The van der Waals surface area contributed by atoms with E-state index in [-0.39, 0.29) is 0 Å². The predicted octanol–water partition coefficient (Wildman–Crippen LogP) is 6.40. The first-order valence-electron chi connectivity index (χ1n) is 8.56. The summed E-state index contributed by atoms with van der Waals surface area (Å²) in [5, 5.41) is 16.3. The number of aliphatic hydroxyl groups is 1. The van der Waals surface area contributed by atoms with Gasteiger partial charge in [-0.15, -0.1) is 0 Å². The predicted molar refractivity (Wildman–Crippen MR) is 128 cm³/mol. The van der Waals surface area contributed by atoms with Crippen LogP contribution in [0.2, 0.25) is 0 Å². The van der Waals surface area contributed by atoms with Gasteiger partial charge in [-0.2, -0.15) is 0 Å². The Balaban J connectivity index is 1.63. The van der Waals surface area contributed by atoms with E-state index in [0.717, 1.165) is 25.7 Å². The van der Waals surface area contributed by atoms with E-state index >= 15 is 0 Å². The minimum Gasteiger partial charge on any atom is -0.389 e. The molecule has 0 aliphatic heterocycles. The van der Waals surface area contributed by atoms with Gasteiger partial charge in [0.05, 0.1) is 12.6 Å². The number of anilines is 1. The number of benzene rings is 3. The van der Waals surface area contributed by atoms with Crippen LogP contribution in [0.1, 0.15) is 0 Å². The van der Waals surface area contributed by atoms with Crippen molar-refractivity contribution >= 4 is 81.9 Å². The van der Waals surface area contributed by atoms with E-state index in [1.165, 1.54) is 14.3 Å². The summed E-state index contributed by atoms with van der Waals surface area (Å²) in [6, 6.07) is 20.7. The van der Waals surface area contributed by atoms with Crippen LogP contribution in [0.25, 0.3) is 21.8 Å². The van der Waals surface area contributed by atoms with Crippen molar-refractivity contribution in [2.24, 2.45) is 0 Å². The van der Waals surface area contributed by atoms with E-state index < -0.39 is 6.10 Å². The summed E-state index contributed by atoms with van der Waals surface area (Å²) >= 11 is 9.43. The first kappa shape index (κ1) is 19.2. The fourth-order valence-electron chi connectivity index (χ4n) is 3.32. The van der Waals surface area contributed by atoms with Crippen molar-refractivity contribution in [1.82, 2.24) is 4.57 Å². The first-order valence-corrected chi connectivity index (χ1v) is 11.2. The second-order valence-corrected chi connectivity index (χ2v) is 9.55. The second-order valence-electron chi connectivity index (χ2n) is 6.48. The molecule has 3 nitrogen and oxygen atoms in total. The summed E-state index contributed by atoms with van der Waals surface area (Å²) in [6.45, 7) is 1.02. The van der Waals surface area contributed by atoms with Gasteiger partial charge in [-0.1, -0.05) is 31.9 Å². The normalized spacial score (nSPS) is 12.6. The van der Waals surface area contributed by atoms with Crippen LogP contribution in [0, 0.1) is 3.57 Å². The first-order chi connectivity index (χ1) is 13.0. The van der Waals surface area contributed by atoms with Crippen LogP contribution >= 0.6 is 54.5 Å². The number of hydrogen-bond donors (Lipinski definition) is 2. The lowest BCUT2D eigenvalue weighted by Gasteiger charge is -2.15. The highest BCUT2D eigenvalue weighted by atomic mass is 127. The average Bonchev–Trinajstić information content (AvgIpc) is 2.94. The van der Waals surface area contributed by atoms with Crippen LogP contribution in [0.4, 0.5) is 5.69 Å². The molecule has 0 spiro atoms. The summed E-state index contributed by atoms with van der Waals surface area (Å²) in [5.74, 6) is 0. The molecule has 0 radical (unpaired) electrons. The Labute approximate surface area is 188 Å². The summed E-state index contributed by atoms with van der Waals surface area (Å²) in [5.41, 5.74) is 3.27. The molecule has 1 aromatic heterocycles. The molecule has 138 valence electrons. The van der Waals surface area contributed by atoms with E-state index in [2.05, 4.69) is 101 Å². The molecule has 0 fully saturated rings. The summed E-state index contributed by atoms with van der Waals surface area (Å²) in [6.07, 6.45) is -0.504. The Bertz CT molecular complexity index is 1050. The van der Waals surface area contributed by atoms with Crippen molar-refractivity contribution in [1.29, 1.82) is 0 Å². The smallest absolute Gasteiger partial charge is 0.0891 e. The lowest BCUT2D eigenvalue weighted by atomic mass is 10.2. The van der Waals surface area contributed by atoms with Crippen molar-refractivity contribution in [2.75, 3.05) is 11.9 Å². The van der Waals surface area contributed by atoms with Crippen molar-refractivity contribution in [3.63, 3.8) is 0 Å². The van der Waals surface area contributed by atoms with Gasteiger partial charge >= 0.3 is 0 Å². The average molecular weight is 600 g/mol. The Morgan fingerprint density at radius 1 is 0.889 bits per heavy atom. The number of aromatic nitrogens is 1. The molecule has 0 amide bonds. The van der Waals surface area contributed by atoms with Gasteiger partial charge < -0.3 is 15.0 Å². The fraction of sp³-hybridized carbons (Fsp3) is 0.143. The maximum atomic E-state index is 10.7. The minimum absolute atomic E-state index is 0.495. The fourth-order valence-corrected chi connectivity index (χ4v) is 4.41. The molecule has 0 aliphatic carbocycles. The van der Waals surface area contributed by atoms with Crippen molar-refractivity contribution in [2.45, 2.75) is 12.6 Å². The molecule has 0 bridgehead atoms. The molecule has 27 heavy (non-hydrogen) atoms. The van der Waals surface area contributed by atoms with Crippen molar-refractivity contribution in [3.05, 3.63) is 73.2 Å². The number of aliphatic hydroxyl groups excluding tert-OH is 1. The van der Waals surface area contributed by atoms with Gasteiger partial charge in [-0.25, -0.2) is 0 Å². The second kappa shape index (κ2) is 8.11. The maximum Gasteiger partial charge on any atom is 0.0891 e. The molecule has 1 heterocycles. The molecule has 0 saturated carbocycles. The molecule has 2 N–H and O–H groups in total. The van der Waals surface area contributed by atoms with Gasteiger partial charge in [0.25, 0.3) is 0 Å². The Morgan fingerprint density at radius 3 is 2.00 bits per heavy atom. The third kappa shape index (κ3) is 4.18. The Kier molecular flexibility index (Phi) is 5.78. The quantitative estimate of drug-likeness (QED) is 0.261. The van der Waals surface area contributed by atoms with Crippen LogP contribution in [0.3, 0.4) is 0 Å². The van der Waals surface area contributed by atoms with E-state index in [0.29, 0.717) is 13.1 Å². The molecule has 3 aromatic carbocycles. The third-order valence-electron chi connectivity index (χ3n) is 4.57. The van der Waals surface area contributed by atoms with Gasteiger partial charge in [0.2, 0.25) is 0 Å². The van der Waals surface area contributed by atoms with E-state index in [1.807, 2.05) is 24.3 Å². The molecular weight excluding hydrogens is 583 g/mol. The Morgan fingerprint density at radius 2 is 1.44 bits per heavy atom. The lowest BCUT2D eigenvalue weighted by molar-refractivity contribution is 0.169. The zero-order chi connectivity index (χ0) is 19.0. The third-order valence-corrected chi connectivity index (χ3v) is 6.27. The van der Waals surface area contributed by atoms with Gasteiger partial charge in [0.15, 0.2) is 0 Å². The maximum absolute atomic E-state index is 10.7. The molecule has 0 saturated heterocycles. The van der Waals surface area contributed by atoms with Gasteiger partial charge in [0, 0.05) is 46.6 Å². The van der Waals surface area contributed by atoms with Crippen LogP contribution < -0.4 is 5.32 Å². The highest BCUT2D eigenvalue weighted by Crippen LogP contribution is 2.33. The largest absolute Gasteiger partial charge is 0.389 e. The summed E-state index contributed by atoms with van der Waals surface area (Å²) < 4.78 is 5.50. The van der Waals surface area contributed by atoms with Crippen molar-refractivity contribution < 1.29 is 5.11 Å². The van der Waals surface area contributed by atoms with Crippen LogP contribution in [-0.4, -0.2) is 22.3 Å². The van der Waals surface area contributed by atoms with Crippen molar-refractivity contribution in [3.8, 4) is 0 Å². The van der Waals surface area contributed by atoms with Gasteiger partial charge in [0.1, 0.15) is 0 Å². The van der Waals surface area contributed by atoms with Gasteiger partial charge in [-0.3, -0.25) is 0 Å². The molecule has 4 rings (SSSR count). The van der Waals surface area contributed by atoms with Gasteiger partial charge in [-0.05, 0) is 83.3 Å². The summed E-state index contributed by atoms with van der Waals surface area (Å²) in [4.78, 5) is 0. The highest BCUT2D eigenvalue weighted by molar-refractivity contribution is 14.1. The zero-order valence-corrected chi connectivity index (χ0v) is 19.6. The van der Waals surface area contributed by atoms with Crippen LogP contribution in [0.5, 0.6) is 0 Å². The molecule has 1 atom stereocenters. The minimum atomic E-state index is -0.504. The topological polar surface area (TPSA) is 37.2 Å². The standard InChI is InChI=1S/C21H17Br2IN2O/c22-13-1-7-20-18(9-13)19-10-14(23)2-8-21(19)26(20)12-17(27)11-25-16-5-3-15(24)4-6-16/h1-10,17,25,27H,11-12H2/t17-/m0/s1. The number of fused-ring (bicyclic) bond motifs is 3. The highest BCUT2D eigenvalue weighted by Gasteiger charge is 2.14. The SMILES string of the molecule is O[C@@H](CNc1ccc(I)cc1)Cn1c2ccc(Br)cc2c2cc(Br)ccc21. The number of nitrogens with zero attached hydrogens (tertiary/aromatic N) is 1. The van der Waals surface area contributed by atoms with E-state index in [4.69, 9.17) is 0 Å². The summed E-state index contributed by atoms with van der Waals surface area (Å²) in [7, 11) is 0. The number of hydrogen-bond acceptors (Lipinski definition) is 2. The monoisotopic (exact) mass is 598 g/mol. The number of rotatable bonds is 5. The molecular formula is C21H17Br2IN2O.